The molecule has 2 aliphatic rings. The second-order valence-electron chi connectivity index (χ2n) is 8.37. The number of rotatable bonds is 4. The Hall–Kier alpha value is -3.44. The van der Waals surface area contributed by atoms with Gasteiger partial charge in [-0.3, -0.25) is 14.7 Å². The van der Waals surface area contributed by atoms with E-state index in [0.29, 0.717) is 11.8 Å². The molecule has 3 aromatic rings. The molecule has 1 aliphatic heterocycles. The number of carbonyl (C=O) groups excluding carboxylic acids is 1. The Morgan fingerprint density at radius 3 is 1.94 bits per heavy atom. The summed E-state index contributed by atoms with van der Waals surface area (Å²) in [5.74, 6) is 0.244. The van der Waals surface area contributed by atoms with E-state index < -0.39 is 0 Å². The van der Waals surface area contributed by atoms with E-state index in [-0.39, 0.29) is 5.97 Å². The lowest BCUT2D eigenvalue weighted by Crippen LogP contribution is -2.45. The van der Waals surface area contributed by atoms with Gasteiger partial charge in [-0.2, -0.15) is 5.10 Å². The minimum absolute atomic E-state index is 0.312. The SMILES string of the molecule is CC(=O)Oc1ccc(C(C)=NN2CCN(C3c4ccccc4-c4ccccc43)CC2)cc1. The summed E-state index contributed by atoms with van der Waals surface area (Å²) >= 11 is 0. The molecule has 1 saturated heterocycles. The Bertz CT molecular complexity index is 1120. The predicted molar refractivity (Wildman–Crippen MR) is 127 cm³/mol. The molecule has 0 N–H and O–H groups in total. The van der Waals surface area contributed by atoms with E-state index in [9.17, 15) is 4.79 Å². The molecule has 3 aromatic carbocycles. The number of hydrazone groups is 1. The maximum Gasteiger partial charge on any atom is 0.308 e. The van der Waals surface area contributed by atoms with Gasteiger partial charge < -0.3 is 4.74 Å². The number of piperazine rings is 1. The highest BCUT2D eigenvalue weighted by atomic mass is 16.5. The highest BCUT2D eigenvalue weighted by Crippen LogP contribution is 2.46. The third kappa shape index (κ3) is 3.92. The largest absolute Gasteiger partial charge is 0.427 e. The van der Waals surface area contributed by atoms with Crippen molar-refractivity contribution in [1.82, 2.24) is 9.91 Å². The van der Waals surface area contributed by atoms with Crippen molar-refractivity contribution in [1.29, 1.82) is 0 Å². The third-order valence-corrected chi connectivity index (χ3v) is 6.28. The van der Waals surface area contributed by atoms with Crippen molar-refractivity contribution in [3.63, 3.8) is 0 Å². The van der Waals surface area contributed by atoms with Gasteiger partial charge >= 0.3 is 5.97 Å². The average Bonchev–Trinajstić information content (AvgIpc) is 3.14. The second kappa shape index (κ2) is 8.60. The van der Waals surface area contributed by atoms with Crippen molar-refractivity contribution < 1.29 is 9.53 Å². The van der Waals surface area contributed by atoms with Crippen LogP contribution in [0.2, 0.25) is 0 Å². The monoisotopic (exact) mass is 425 g/mol. The fourth-order valence-electron chi connectivity index (χ4n) is 4.79. The molecule has 0 amide bonds. The minimum atomic E-state index is -0.312. The Balaban J connectivity index is 1.28. The van der Waals surface area contributed by atoms with Gasteiger partial charge in [0.15, 0.2) is 0 Å². The number of benzene rings is 3. The quantitative estimate of drug-likeness (QED) is 0.345. The third-order valence-electron chi connectivity index (χ3n) is 6.28. The van der Waals surface area contributed by atoms with E-state index >= 15 is 0 Å². The van der Waals surface area contributed by atoms with E-state index in [2.05, 4.69) is 58.4 Å². The maximum atomic E-state index is 11.1. The number of hydrogen-bond acceptors (Lipinski definition) is 5. The van der Waals surface area contributed by atoms with E-state index in [4.69, 9.17) is 9.84 Å². The van der Waals surface area contributed by atoms with Crippen molar-refractivity contribution in [2.75, 3.05) is 26.2 Å². The van der Waals surface area contributed by atoms with Crippen molar-refractivity contribution >= 4 is 11.7 Å². The molecule has 0 aromatic heterocycles. The lowest BCUT2D eigenvalue weighted by atomic mass is 10.0. The van der Waals surface area contributed by atoms with E-state index in [1.807, 2.05) is 31.2 Å². The van der Waals surface area contributed by atoms with Crippen molar-refractivity contribution in [3.05, 3.63) is 89.5 Å². The molecule has 0 radical (unpaired) electrons. The highest BCUT2D eigenvalue weighted by molar-refractivity contribution is 5.98. The molecule has 1 heterocycles. The lowest BCUT2D eigenvalue weighted by molar-refractivity contribution is -0.131. The van der Waals surface area contributed by atoms with Crippen LogP contribution in [0.3, 0.4) is 0 Å². The molecule has 0 unspecified atom stereocenters. The Morgan fingerprint density at radius 2 is 1.38 bits per heavy atom. The highest BCUT2D eigenvalue weighted by Gasteiger charge is 2.33. The van der Waals surface area contributed by atoms with E-state index in [1.165, 1.54) is 29.2 Å². The molecule has 0 spiro atoms. The van der Waals surface area contributed by atoms with Crippen LogP contribution >= 0.6 is 0 Å². The molecular weight excluding hydrogens is 398 g/mol. The van der Waals surface area contributed by atoms with Gasteiger partial charge in [0, 0.05) is 33.1 Å². The molecule has 5 heteroatoms. The van der Waals surface area contributed by atoms with Gasteiger partial charge in [-0.15, -0.1) is 0 Å². The van der Waals surface area contributed by atoms with Crippen LogP contribution in [0.15, 0.2) is 77.9 Å². The zero-order chi connectivity index (χ0) is 22.1. The molecule has 162 valence electrons. The Morgan fingerprint density at radius 1 is 0.812 bits per heavy atom. The normalized spacial score (nSPS) is 16.6. The molecule has 1 aliphatic carbocycles. The molecule has 0 saturated carbocycles. The summed E-state index contributed by atoms with van der Waals surface area (Å²) in [5, 5.41) is 7.03. The molecule has 0 atom stereocenters. The number of nitrogens with zero attached hydrogens (tertiary/aromatic N) is 3. The van der Waals surface area contributed by atoms with Gasteiger partial charge in [0.2, 0.25) is 0 Å². The first-order valence-corrected chi connectivity index (χ1v) is 11.1. The maximum absolute atomic E-state index is 11.1. The van der Waals surface area contributed by atoms with E-state index in [0.717, 1.165) is 37.5 Å². The molecule has 1 fully saturated rings. The van der Waals surface area contributed by atoms with Crippen LogP contribution < -0.4 is 4.74 Å². The van der Waals surface area contributed by atoms with Gasteiger partial charge in [0.05, 0.1) is 11.8 Å². The average molecular weight is 426 g/mol. The smallest absolute Gasteiger partial charge is 0.308 e. The first kappa shape index (κ1) is 20.5. The summed E-state index contributed by atoms with van der Waals surface area (Å²) < 4.78 is 5.11. The lowest BCUT2D eigenvalue weighted by Gasteiger charge is -2.37. The van der Waals surface area contributed by atoms with Crippen LogP contribution in [0.5, 0.6) is 5.75 Å². The summed E-state index contributed by atoms with van der Waals surface area (Å²) in [6.45, 7) is 7.15. The van der Waals surface area contributed by atoms with Gasteiger partial charge in [-0.25, -0.2) is 0 Å². The van der Waals surface area contributed by atoms with Gasteiger partial charge in [0.25, 0.3) is 0 Å². The van der Waals surface area contributed by atoms with E-state index in [1.54, 1.807) is 0 Å². The zero-order valence-corrected chi connectivity index (χ0v) is 18.5. The van der Waals surface area contributed by atoms with Crippen LogP contribution in [-0.4, -0.2) is 47.8 Å². The standard InChI is InChI=1S/C27H27N3O2/c1-19(21-11-13-22(14-12-21)32-20(2)31)28-30-17-15-29(16-18-30)27-25-9-5-3-7-23(25)24-8-4-6-10-26(24)27/h3-14,27H,15-18H2,1-2H3. The fourth-order valence-corrected chi connectivity index (χ4v) is 4.79. The summed E-state index contributed by atoms with van der Waals surface area (Å²) in [5.41, 5.74) is 7.54. The second-order valence-corrected chi connectivity index (χ2v) is 8.37. The summed E-state index contributed by atoms with van der Waals surface area (Å²) in [6, 6.07) is 25.4. The first-order chi connectivity index (χ1) is 15.6. The number of esters is 1. The van der Waals surface area contributed by atoms with Crippen molar-refractivity contribution in [2.45, 2.75) is 19.9 Å². The fraction of sp³-hybridized carbons (Fsp3) is 0.259. The Labute approximate surface area is 188 Å². The first-order valence-electron chi connectivity index (χ1n) is 11.1. The Kier molecular flexibility index (Phi) is 5.50. The van der Waals surface area contributed by atoms with Gasteiger partial charge in [0.1, 0.15) is 5.75 Å². The summed E-state index contributed by atoms with van der Waals surface area (Å²) in [7, 11) is 0. The van der Waals surface area contributed by atoms with Crippen LogP contribution in [0, 0.1) is 0 Å². The zero-order valence-electron chi connectivity index (χ0n) is 18.5. The molecule has 0 bridgehead atoms. The molecule has 5 nitrogen and oxygen atoms in total. The van der Waals surface area contributed by atoms with Gasteiger partial charge in [-0.05, 0) is 59.0 Å². The van der Waals surface area contributed by atoms with Crippen molar-refractivity contribution in [3.8, 4) is 16.9 Å². The topological polar surface area (TPSA) is 45.1 Å². The number of hydrogen-bond donors (Lipinski definition) is 0. The van der Waals surface area contributed by atoms with Crippen LogP contribution in [-0.2, 0) is 4.79 Å². The molecular formula is C27H27N3O2. The molecule has 5 rings (SSSR count). The van der Waals surface area contributed by atoms with Crippen LogP contribution in [0.1, 0.15) is 36.6 Å². The molecule has 32 heavy (non-hydrogen) atoms. The summed E-state index contributed by atoms with van der Waals surface area (Å²) in [4.78, 5) is 13.7. The number of fused-ring (bicyclic) bond motifs is 3. The summed E-state index contributed by atoms with van der Waals surface area (Å²) in [6.07, 6.45) is 0. The minimum Gasteiger partial charge on any atom is -0.427 e. The predicted octanol–water partition coefficient (Wildman–Crippen LogP) is 4.72. The van der Waals surface area contributed by atoms with Gasteiger partial charge in [-0.1, -0.05) is 48.5 Å². The van der Waals surface area contributed by atoms with Crippen LogP contribution in [0.4, 0.5) is 0 Å². The van der Waals surface area contributed by atoms with Crippen molar-refractivity contribution in [2.24, 2.45) is 5.10 Å². The number of ether oxygens (including phenoxy) is 1. The number of carbonyl (C=O) groups is 1. The van der Waals surface area contributed by atoms with Crippen LogP contribution in [0.25, 0.3) is 11.1 Å².